The molecule has 1 aliphatic carbocycles. The van der Waals surface area contributed by atoms with Crippen molar-refractivity contribution < 1.29 is 0 Å². The van der Waals surface area contributed by atoms with Crippen LogP contribution in [0.2, 0.25) is 0 Å². The van der Waals surface area contributed by atoms with E-state index < -0.39 is 0 Å². The normalized spacial score (nSPS) is 24.0. The molecule has 1 fully saturated rings. The molecule has 0 spiro atoms. The molecule has 1 heteroatoms. The van der Waals surface area contributed by atoms with Gasteiger partial charge in [0.1, 0.15) is 0 Å². The summed E-state index contributed by atoms with van der Waals surface area (Å²) in [5.41, 5.74) is 6.35. The lowest BCUT2D eigenvalue weighted by atomic mass is 9.68. The lowest BCUT2D eigenvalue weighted by Gasteiger charge is -2.40. The highest BCUT2D eigenvalue weighted by Gasteiger charge is 2.33. The van der Waals surface area contributed by atoms with Crippen LogP contribution in [0.5, 0.6) is 0 Å². The van der Waals surface area contributed by atoms with Gasteiger partial charge in [0.15, 0.2) is 0 Å². The predicted octanol–water partition coefficient (Wildman–Crippen LogP) is 2.94. The molecule has 72 valence electrons. The molecular weight excluding hydrogens is 146 g/mol. The van der Waals surface area contributed by atoms with E-state index in [0.29, 0.717) is 11.5 Å². The molecule has 0 bridgehead atoms. The Morgan fingerprint density at radius 1 is 1.17 bits per heavy atom. The van der Waals surface area contributed by atoms with E-state index in [2.05, 4.69) is 20.8 Å². The molecule has 0 amide bonds. The minimum absolute atomic E-state index is 0.334. The van der Waals surface area contributed by atoms with Crippen molar-refractivity contribution in [2.75, 3.05) is 0 Å². The summed E-state index contributed by atoms with van der Waals surface area (Å²) in [6.07, 6.45) is 7.07. The second-order valence-electron chi connectivity index (χ2n) is 4.94. The van der Waals surface area contributed by atoms with Crippen LogP contribution in [-0.4, -0.2) is 6.04 Å². The smallest absolute Gasteiger partial charge is 0.00643 e. The first-order valence-electron chi connectivity index (χ1n) is 5.30. The van der Waals surface area contributed by atoms with Crippen LogP contribution in [0.15, 0.2) is 0 Å². The summed E-state index contributed by atoms with van der Waals surface area (Å²) in [6, 6.07) is 0.334. The summed E-state index contributed by atoms with van der Waals surface area (Å²) < 4.78 is 0. The molecule has 0 aromatic heterocycles. The van der Waals surface area contributed by atoms with Crippen LogP contribution < -0.4 is 5.73 Å². The molecule has 0 unspecified atom stereocenters. The topological polar surface area (TPSA) is 26.0 Å². The number of nitrogens with two attached hydrogens (primary N) is 1. The first kappa shape index (κ1) is 10.0. The van der Waals surface area contributed by atoms with Crippen LogP contribution >= 0.6 is 0 Å². The van der Waals surface area contributed by atoms with Gasteiger partial charge in [0.2, 0.25) is 0 Å². The van der Waals surface area contributed by atoms with E-state index in [0.717, 1.165) is 5.92 Å². The molecule has 0 radical (unpaired) electrons. The summed E-state index contributed by atoms with van der Waals surface area (Å²) >= 11 is 0. The van der Waals surface area contributed by atoms with Crippen LogP contribution in [0.4, 0.5) is 0 Å². The number of hydrogen-bond donors (Lipinski definition) is 1. The zero-order valence-electron chi connectivity index (χ0n) is 8.77. The maximum Gasteiger partial charge on any atom is 0.00643 e. The van der Waals surface area contributed by atoms with Gasteiger partial charge >= 0.3 is 0 Å². The maximum atomic E-state index is 6.00. The van der Waals surface area contributed by atoms with Crippen molar-refractivity contribution in [3.8, 4) is 0 Å². The SMILES string of the molecule is C[C@@H](N)C(C)(C)C1CCCCC1. The van der Waals surface area contributed by atoms with E-state index in [1.165, 1.54) is 32.1 Å². The molecule has 1 atom stereocenters. The lowest BCUT2D eigenvalue weighted by molar-refractivity contribution is 0.131. The highest BCUT2D eigenvalue weighted by atomic mass is 14.7. The van der Waals surface area contributed by atoms with Crippen molar-refractivity contribution in [3.05, 3.63) is 0 Å². The molecule has 1 rings (SSSR count). The van der Waals surface area contributed by atoms with Gasteiger partial charge < -0.3 is 5.73 Å². The number of hydrogen-bond acceptors (Lipinski definition) is 1. The molecule has 0 aliphatic heterocycles. The second kappa shape index (κ2) is 3.78. The van der Waals surface area contributed by atoms with E-state index >= 15 is 0 Å². The Morgan fingerprint density at radius 2 is 1.67 bits per heavy atom. The standard InChI is InChI=1S/C11H23N/c1-9(12)11(2,3)10-7-5-4-6-8-10/h9-10H,4-8,12H2,1-3H3/t9-/m1/s1. The van der Waals surface area contributed by atoms with Crippen LogP contribution in [-0.2, 0) is 0 Å². The highest BCUT2D eigenvalue weighted by Crippen LogP contribution is 2.39. The summed E-state index contributed by atoms with van der Waals surface area (Å²) in [5, 5.41) is 0. The van der Waals surface area contributed by atoms with Crippen molar-refractivity contribution >= 4 is 0 Å². The summed E-state index contributed by atoms with van der Waals surface area (Å²) in [6.45, 7) is 6.80. The van der Waals surface area contributed by atoms with Crippen LogP contribution in [0, 0.1) is 11.3 Å². The van der Waals surface area contributed by atoms with Crippen molar-refractivity contribution in [1.82, 2.24) is 0 Å². The highest BCUT2D eigenvalue weighted by molar-refractivity contribution is 4.86. The third-order valence-corrected chi connectivity index (χ3v) is 3.83. The van der Waals surface area contributed by atoms with Crippen molar-refractivity contribution in [3.63, 3.8) is 0 Å². The fourth-order valence-corrected chi connectivity index (χ4v) is 2.22. The molecule has 0 aromatic rings. The minimum atomic E-state index is 0.334. The molecule has 0 saturated heterocycles. The van der Waals surface area contributed by atoms with Gasteiger partial charge in [-0.2, -0.15) is 0 Å². The predicted molar refractivity (Wildman–Crippen MR) is 54.0 cm³/mol. The average molecular weight is 169 g/mol. The summed E-state index contributed by atoms with van der Waals surface area (Å²) in [4.78, 5) is 0. The van der Waals surface area contributed by atoms with Gasteiger partial charge in [-0.15, -0.1) is 0 Å². The Kier molecular flexibility index (Phi) is 3.16. The average Bonchev–Trinajstić information content (AvgIpc) is 2.06. The quantitative estimate of drug-likeness (QED) is 0.675. The molecular formula is C11H23N. The molecule has 2 N–H and O–H groups in total. The third-order valence-electron chi connectivity index (χ3n) is 3.83. The third kappa shape index (κ3) is 2.01. The largest absolute Gasteiger partial charge is 0.327 e. The Morgan fingerprint density at radius 3 is 2.08 bits per heavy atom. The summed E-state index contributed by atoms with van der Waals surface area (Å²) in [5.74, 6) is 0.867. The monoisotopic (exact) mass is 169 g/mol. The van der Waals surface area contributed by atoms with Crippen molar-refractivity contribution in [2.45, 2.75) is 58.9 Å². The molecule has 1 saturated carbocycles. The van der Waals surface area contributed by atoms with E-state index in [9.17, 15) is 0 Å². The molecule has 1 nitrogen and oxygen atoms in total. The van der Waals surface area contributed by atoms with Crippen LogP contribution in [0.25, 0.3) is 0 Å². The Labute approximate surface area is 76.7 Å². The van der Waals surface area contributed by atoms with Gasteiger partial charge in [0, 0.05) is 6.04 Å². The zero-order chi connectivity index (χ0) is 9.19. The maximum absolute atomic E-state index is 6.00. The van der Waals surface area contributed by atoms with Crippen LogP contribution in [0.1, 0.15) is 52.9 Å². The molecule has 12 heavy (non-hydrogen) atoms. The molecule has 0 aromatic carbocycles. The van der Waals surface area contributed by atoms with E-state index in [1.54, 1.807) is 0 Å². The van der Waals surface area contributed by atoms with Crippen LogP contribution in [0.3, 0.4) is 0 Å². The fourth-order valence-electron chi connectivity index (χ4n) is 2.22. The van der Waals surface area contributed by atoms with Gasteiger partial charge in [-0.3, -0.25) is 0 Å². The van der Waals surface area contributed by atoms with E-state index in [1.807, 2.05) is 0 Å². The first-order chi connectivity index (χ1) is 5.55. The second-order valence-corrected chi connectivity index (χ2v) is 4.94. The van der Waals surface area contributed by atoms with Gasteiger partial charge in [0.05, 0.1) is 0 Å². The summed E-state index contributed by atoms with van der Waals surface area (Å²) in [7, 11) is 0. The van der Waals surface area contributed by atoms with Crippen molar-refractivity contribution in [1.29, 1.82) is 0 Å². The van der Waals surface area contributed by atoms with E-state index in [-0.39, 0.29) is 0 Å². The van der Waals surface area contributed by atoms with E-state index in [4.69, 9.17) is 5.73 Å². The minimum Gasteiger partial charge on any atom is -0.327 e. The fraction of sp³-hybridized carbons (Fsp3) is 1.00. The van der Waals surface area contributed by atoms with Gasteiger partial charge in [-0.25, -0.2) is 0 Å². The molecule has 0 heterocycles. The zero-order valence-corrected chi connectivity index (χ0v) is 8.77. The first-order valence-corrected chi connectivity index (χ1v) is 5.30. The Bertz CT molecular complexity index is 132. The van der Waals surface area contributed by atoms with Gasteiger partial charge in [-0.1, -0.05) is 33.1 Å². The Hall–Kier alpha value is -0.0400. The Balaban J connectivity index is 2.53. The van der Waals surface area contributed by atoms with Gasteiger partial charge in [0.25, 0.3) is 0 Å². The van der Waals surface area contributed by atoms with Crippen molar-refractivity contribution in [2.24, 2.45) is 17.1 Å². The molecule has 1 aliphatic rings. The van der Waals surface area contributed by atoms with Gasteiger partial charge in [-0.05, 0) is 31.1 Å². The number of rotatable bonds is 2. The lowest BCUT2D eigenvalue weighted by Crippen LogP contribution is -2.41.